The van der Waals surface area contributed by atoms with Crippen molar-refractivity contribution in [2.75, 3.05) is 26.2 Å². The number of amides is 1. The van der Waals surface area contributed by atoms with Gasteiger partial charge in [0.25, 0.3) is 5.91 Å². The van der Waals surface area contributed by atoms with E-state index >= 15 is 0 Å². The third-order valence-electron chi connectivity index (χ3n) is 6.40. The molecule has 1 aromatic carbocycles. The summed E-state index contributed by atoms with van der Waals surface area (Å²) in [6.07, 6.45) is 11.8. The van der Waals surface area contributed by atoms with E-state index in [1.165, 1.54) is 44.2 Å². The molecule has 1 saturated carbocycles. The molecule has 1 aliphatic carbocycles. The summed E-state index contributed by atoms with van der Waals surface area (Å²) in [5.74, 6) is -0.329. The highest BCUT2D eigenvalue weighted by atomic mass is 19.1. The molecule has 0 bridgehead atoms. The average molecular weight is 407 g/mol. The highest BCUT2D eigenvalue weighted by molar-refractivity contribution is 5.93. The molecule has 156 valence electrons. The number of carbonyl (C=O) groups is 1. The van der Waals surface area contributed by atoms with Crippen LogP contribution in [0.2, 0.25) is 0 Å². The van der Waals surface area contributed by atoms with Crippen molar-refractivity contribution in [2.24, 2.45) is 0 Å². The van der Waals surface area contributed by atoms with E-state index in [9.17, 15) is 9.18 Å². The summed E-state index contributed by atoms with van der Waals surface area (Å²) in [5.41, 5.74) is 2.44. The Morgan fingerprint density at radius 1 is 1.00 bits per heavy atom. The number of hydrogen-bond donors (Lipinski definition) is 0. The topological polar surface area (TPSA) is 53.7 Å². The van der Waals surface area contributed by atoms with Crippen molar-refractivity contribution in [3.8, 4) is 11.3 Å². The zero-order valence-corrected chi connectivity index (χ0v) is 17.0. The van der Waals surface area contributed by atoms with Gasteiger partial charge in [0.2, 0.25) is 0 Å². The van der Waals surface area contributed by atoms with E-state index in [-0.39, 0.29) is 11.7 Å². The number of rotatable bonds is 3. The maximum atomic E-state index is 13.3. The maximum Gasteiger partial charge on any atom is 0.274 e. The van der Waals surface area contributed by atoms with Crippen molar-refractivity contribution >= 4 is 11.6 Å². The van der Waals surface area contributed by atoms with Crippen molar-refractivity contribution in [1.29, 1.82) is 0 Å². The van der Waals surface area contributed by atoms with Crippen LogP contribution in [0, 0.1) is 5.82 Å². The molecule has 2 aliphatic rings. The molecule has 30 heavy (non-hydrogen) atoms. The van der Waals surface area contributed by atoms with Crippen LogP contribution >= 0.6 is 0 Å². The van der Waals surface area contributed by atoms with Gasteiger partial charge in [-0.15, -0.1) is 0 Å². The first kappa shape index (κ1) is 19.2. The molecule has 2 aromatic heterocycles. The van der Waals surface area contributed by atoms with Crippen molar-refractivity contribution < 1.29 is 9.18 Å². The first-order valence-electron chi connectivity index (χ1n) is 10.8. The summed E-state index contributed by atoms with van der Waals surface area (Å²) in [6, 6.07) is 6.86. The zero-order chi connectivity index (χ0) is 20.5. The fourth-order valence-corrected chi connectivity index (χ4v) is 4.73. The van der Waals surface area contributed by atoms with Crippen LogP contribution in [-0.4, -0.2) is 62.3 Å². The predicted molar refractivity (Wildman–Crippen MR) is 113 cm³/mol. The van der Waals surface area contributed by atoms with Gasteiger partial charge >= 0.3 is 0 Å². The molecule has 7 heteroatoms. The molecule has 2 fully saturated rings. The average Bonchev–Trinajstić information content (AvgIpc) is 3.24. The van der Waals surface area contributed by atoms with Gasteiger partial charge in [-0.1, -0.05) is 19.3 Å². The van der Waals surface area contributed by atoms with Crippen molar-refractivity contribution in [3.63, 3.8) is 0 Å². The molecule has 0 spiro atoms. The Morgan fingerprint density at radius 3 is 2.47 bits per heavy atom. The van der Waals surface area contributed by atoms with Crippen LogP contribution in [0.5, 0.6) is 0 Å². The third kappa shape index (κ3) is 3.69. The normalized spacial score (nSPS) is 18.8. The molecule has 0 radical (unpaired) electrons. The SMILES string of the molecule is O=C(c1cn2ccnc(-c3ccc(F)cc3)c2n1)N1CCN(C2CCCCC2)CC1. The van der Waals surface area contributed by atoms with Crippen LogP contribution in [0.15, 0.2) is 42.9 Å². The molecular weight excluding hydrogens is 381 g/mol. The minimum atomic E-state index is -0.294. The monoisotopic (exact) mass is 407 g/mol. The Bertz CT molecular complexity index is 1030. The Labute approximate surface area is 175 Å². The Balaban J connectivity index is 1.33. The minimum Gasteiger partial charge on any atom is -0.335 e. The second-order valence-electron chi connectivity index (χ2n) is 8.26. The lowest BCUT2D eigenvalue weighted by molar-refractivity contribution is 0.0519. The summed E-state index contributed by atoms with van der Waals surface area (Å²) in [5, 5.41) is 0. The lowest BCUT2D eigenvalue weighted by Crippen LogP contribution is -2.52. The van der Waals surface area contributed by atoms with Crippen molar-refractivity contribution in [2.45, 2.75) is 38.1 Å². The molecule has 0 atom stereocenters. The highest BCUT2D eigenvalue weighted by Gasteiger charge is 2.28. The number of halogens is 1. The van der Waals surface area contributed by atoms with E-state index < -0.39 is 0 Å². The van der Waals surface area contributed by atoms with E-state index in [0.717, 1.165) is 31.7 Å². The van der Waals surface area contributed by atoms with Gasteiger partial charge in [0.15, 0.2) is 5.65 Å². The number of nitrogens with zero attached hydrogens (tertiary/aromatic N) is 5. The molecule has 0 unspecified atom stereocenters. The lowest BCUT2D eigenvalue weighted by Gasteiger charge is -2.40. The zero-order valence-electron chi connectivity index (χ0n) is 17.0. The maximum absolute atomic E-state index is 13.3. The molecule has 0 N–H and O–H groups in total. The van der Waals surface area contributed by atoms with Crippen LogP contribution in [0.3, 0.4) is 0 Å². The molecule has 6 nitrogen and oxygen atoms in total. The number of fused-ring (bicyclic) bond motifs is 1. The standard InChI is InChI=1S/C23H26FN5O/c24-18-8-6-17(7-9-18)21-22-26-20(16-29(22)11-10-25-21)23(30)28-14-12-27(13-15-28)19-4-2-1-3-5-19/h6-11,16,19H,1-5,12-15H2. The smallest absolute Gasteiger partial charge is 0.274 e. The van der Waals surface area contributed by atoms with Gasteiger partial charge in [-0.3, -0.25) is 14.7 Å². The van der Waals surface area contributed by atoms with Crippen molar-refractivity contribution in [3.05, 3.63) is 54.4 Å². The van der Waals surface area contributed by atoms with Gasteiger partial charge in [-0.05, 0) is 37.1 Å². The van der Waals surface area contributed by atoms with Gasteiger partial charge in [-0.2, -0.15) is 0 Å². The first-order valence-corrected chi connectivity index (χ1v) is 10.8. The van der Waals surface area contributed by atoms with Crippen LogP contribution < -0.4 is 0 Å². The summed E-state index contributed by atoms with van der Waals surface area (Å²) < 4.78 is 15.1. The number of hydrogen-bond acceptors (Lipinski definition) is 4. The molecular formula is C23H26FN5O. The van der Waals surface area contributed by atoms with E-state index in [0.29, 0.717) is 23.1 Å². The predicted octanol–water partition coefficient (Wildman–Crippen LogP) is 3.63. The number of carbonyl (C=O) groups excluding carboxylic acids is 1. The molecule has 3 heterocycles. The Morgan fingerprint density at radius 2 is 1.73 bits per heavy atom. The van der Waals surface area contributed by atoms with Gasteiger partial charge in [0.1, 0.15) is 17.2 Å². The number of imidazole rings is 1. The van der Waals surface area contributed by atoms with Crippen LogP contribution in [0.25, 0.3) is 16.9 Å². The van der Waals surface area contributed by atoms with Crippen LogP contribution in [-0.2, 0) is 0 Å². The summed E-state index contributed by atoms with van der Waals surface area (Å²) in [7, 11) is 0. The van der Waals surface area contributed by atoms with Gasteiger partial charge in [-0.25, -0.2) is 9.37 Å². The second-order valence-corrected chi connectivity index (χ2v) is 8.26. The first-order chi connectivity index (χ1) is 14.7. The Hall–Kier alpha value is -2.80. The fourth-order valence-electron chi connectivity index (χ4n) is 4.73. The third-order valence-corrected chi connectivity index (χ3v) is 6.40. The molecule has 5 rings (SSSR count). The fraction of sp³-hybridized carbons (Fsp3) is 0.435. The van der Waals surface area contributed by atoms with Crippen LogP contribution in [0.4, 0.5) is 4.39 Å². The minimum absolute atomic E-state index is 0.0351. The van der Waals surface area contributed by atoms with E-state index in [2.05, 4.69) is 14.9 Å². The van der Waals surface area contributed by atoms with Crippen molar-refractivity contribution in [1.82, 2.24) is 24.2 Å². The number of benzene rings is 1. The molecule has 1 saturated heterocycles. The van der Waals surface area contributed by atoms with E-state index in [4.69, 9.17) is 0 Å². The molecule has 1 aliphatic heterocycles. The van der Waals surface area contributed by atoms with Crippen LogP contribution in [0.1, 0.15) is 42.6 Å². The van der Waals surface area contributed by atoms with E-state index in [1.807, 2.05) is 9.30 Å². The number of aromatic nitrogens is 3. The largest absolute Gasteiger partial charge is 0.335 e. The molecule has 1 amide bonds. The molecule has 3 aromatic rings. The van der Waals surface area contributed by atoms with E-state index in [1.54, 1.807) is 30.7 Å². The summed E-state index contributed by atoms with van der Waals surface area (Å²) in [4.78, 5) is 26.6. The number of piperazine rings is 1. The Kier molecular flexibility index (Phi) is 5.21. The second kappa shape index (κ2) is 8.14. The van der Waals surface area contributed by atoms with Gasteiger partial charge in [0, 0.05) is 56.4 Å². The van der Waals surface area contributed by atoms with Gasteiger partial charge in [0.05, 0.1) is 0 Å². The quantitative estimate of drug-likeness (QED) is 0.665. The van der Waals surface area contributed by atoms with Gasteiger partial charge < -0.3 is 9.30 Å². The lowest BCUT2D eigenvalue weighted by atomic mass is 9.94. The summed E-state index contributed by atoms with van der Waals surface area (Å²) >= 11 is 0. The summed E-state index contributed by atoms with van der Waals surface area (Å²) in [6.45, 7) is 3.36. The highest BCUT2D eigenvalue weighted by Crippen LogP contribution is 2.25.